The minimum Gasteiger partial charge on any atom is -0.383 e. The molecule has 1 N–H and O–H groups in total. The smallest absolute Gasteiger partial charge is 0.0615 e. The van der Waals surface area contributed by atoms with Crippen molar-refractivity contribution < 1.29 is 14.2 Å². The van der Waals surface area contributed by atoms with E-state index in [-0.39, 0.29) is 5.41 Å². The third kappa shape index (κ3) is 6.61. The quantitative estimate of drug-likeness (QED) is 0.552. The molecule has 5 heteroatoms. The maximum absolute atomic E-state index is 5.71. The molecule has 0 aromatic heterocycles. The van der Waals surface area contributed by atoms with Gasteiger partial charge in [-0.15, -0.1) is 0 Å². The Morgan fingerprint density at radius 1 is 1.33 bits per heavy atom. The van der Waals surface area contributed by atoms with Crippen LogP contribution in [0.4, 0.5) is 0 Å². The predicted octanol–water partition coefficient (Wildman–Crippen LogP) is 1.38. The first-order chi connectivity index (χ1) is 10.2. The van der Waals surface area contributed by atoms with Crippen molar-refractivity contribution in [3.8, 4) is 0 Å². The van der Waals surface area contributed by atoms with Crippen LogP contribution in [0.25, 0.3) is 0 Å². The van der Waals surface area contributed by atoms with Crippen LogP contribution in [0, 0.1) is 5.41 Å². The topological polar surface area (TPSA) is 43.0 Å². The highest BCUT2D eigenvalue weighted by atomic mass is 16.5. The highest BCUT2D eigenvalue weighted by Gasteiger charge is 2.37. The lowest BCUT2D eigenvalue weighted by molar-refractivity contribution is 0.0373. The van der Waals surface area contributed by atoms with Gasteiger partial charge >= 0.3 is 0 Å². The van der Waals surface area contributed by atoms with E-state index in [1.54, 1.807) is 14.2 Å². The summed E-state index contributed by atoms with van der Waals surface area (Å²) >= 11 is 0. The van der Waals surface area contributed by atoms with Crippen molar-refractivity contribution in [1.82, 2.24) is 10.2 Å². The van der Waals surface area contributed by atoms with Crippen molar-refractivity contribution in [3.05, 3.63) is 0 Å². The maximum Gasteiger partial charge on any atom is 0.0615 e. The molecule has 2 unspecified atom stereocenters. The minimum absolute atomic E-state index is 0.227. The van der Waals surface area contributed by atoms with Gasteiger partial charge < -0.3 is 19.5 Å². The second-order valence-electron chi connectivity index (χ2n) is 6.25. The first kappa shape index (κ1) is 18.8. The van der Waals surface area contributed by atoms with Crippen molar-refractivity contribution >= 4 is 0 Å². The fraction of sp³-hybridized carbons (Fsp3) is 1.00. The summed E-state index contributed by atoms with van der Waals surface area (Å²) in [5.74, 6) is 0. The van der Waals surface area contributed by atoms with E-state index in [0.717, 1.165) is 59.0 Å². The fourth-order valence-electron chi connectivity index (χ4n) is 2.94. The number of methoxy groups -OCH3 is 2. The summed E-state index contributed by atoms with van der Waals surface area (Å²) < 4.78 is 16.3. The number of rotatable bonds is 12. The van der Waals surface area contributed by atoms with E-state index < -0.39 is 0 Å². The van der Waals surface area contributed by atoms with Crippen LogP contribution in [-0.4, -0.2) is 77.8 Å². The van der Waals surface area contributed by atoms with Crippen LogP contribution in [0.1, 0.15) is 26.7 Å². The zero-order chi connectivity index (χ0) is 15.6. The van der Waals surface area contributed by atoms with Gasteiger partial charge in [-0.3, -0.25) is 4.90 Å². The molecule has 21 heavy (non-hydrogen) atoms. The lowest BCUT2D eigenvalue weighted by atomic mass is 9.86. The average Bonchev–Trinajstić information content (AvgIpc) is 2.93. The average molecular weight is 302 g/mol. The second kappa shape index (κ2) is 10.5. The van der Waals surface area contributed by atoms with Gasteiger partial charge in [-0.1, -0.05) is 6.92 Å². The summed E-state index contributed by atoms with van der Waals surface area (Å²) in [6.45, 7) is 11.8. The molecule has 0 amide bonds. The van der Waals surface area contributed by atoms with Crippen molar-refractivity contribution in [2.45, 2.75) is 32.7 Å². The Hall–Kier alpha value is -0.200. The van der Waals surface area contributed by atoms with Gasteiger partial charge in [0.25, 0.3) is 0 Å². The Kier molecular flexibility index (Phi) is 9.44. The van der Waals surface area contributed by atoms with Crippen molar-refractivity contribution in [3.63, 3.8) is 0 Å². The van der Waals surface area contributed by atoms with Crippen LogP contribution in [0.15, 0.2) is 0 Å². The first-order valence-electron chi connectivity index (χ1n) is 8.18. The van der Waals surface area contributed by atoms with Crippen LogP contribution in [0.3, 0.4) is 0 Å². The van der Waals surface area contributed by atoms with E-state index in [1.165, 1.54) is 6.42 Å². The zero-order valence-electron chi connectivity index (χ0n) is 14.3. The summed E-state index contributed by atoms with van der Waals surface area (Å²) in [6.07, 6.45) is 2.30. The predicted molar refractivity (Wildman–Crippen MR) is 85.8 cm³/mol. The third-order valence-electron chi connectivity index (χ3n) is 4.26. The Balaban J connectivity index is 2.61. The monoisotopic (exact) mass is 302 g/mol. The van der Waals surface area contributed by atoms with Crippen molar-refractivity contribution in [1.29, 1.82) is 0 Å². The van der Waals surface area contributed by atoms with E-state index in [1.807, 2.05) is 0 Å². The molecule has 0 aliphatic carbocycles. The Morgan fingerprint density at radius 2 is 2.14 bits per heavy atom. The Bertz CT molecular complexity index is 258. The lowest BCUT2D eigenvalue weighted by Gasteiger charge is -2.37. The number of nitrogens with zero attached hydrogens (tertiary/aromatic N) is 1. The van der Waals surface area contributed by atoms with E-state index >= 15 is 0 Å². The van der Waals surface area contributed by atoms with E-state index in [4.69, 9.17) is 14.2 Å². The van der Waals surface area contributed by atoms with E-state index in [0.29, 0.717) is 6.04 Å². The summed E-state index contributed by atoms with van der Waals surface area (Å²) in [5.41, 5.74) is 0.227. The standard InChI is InChI=1S/C16H34N2O3/c1-5-7-17-12-16(6-9-21-14-16)13-18(8-10-19-3)15(2)11-20-4/h15,17H,5-14H2,1-4H3. The minimum atomic E-state index is 0.227. The lowest BCUT2D eigenvalue weighted by Crippen LogP contribution is -2.49. The van der Waals surface area contributed by atoms with E-state index in [9.17, 15) is 0 Å². The molecular weight excluding hydrogens is 268 g/mol. The molecule has 1 rings (SSSR count). The number of hydrogen-bond acceptors (Lipinski definition) is 5. The Labute approximate surface area is 130 Å². The molecule has 0 saturated carbocycles. The van der Waals surface area contributed by atoms with Gasteiger partial charge in [-0.25, -0.2) is 0 Å². The highest BCUT2D eigenvalue weighted by molar-refractivity contribution is 4.89. The van der Waals surface area contributed by atoms with Crippen molar-refractivity contribution in [2.75, 3.05) is 66.8 Å². The van der Waals surface area contributed by atoms with Gasteiger partial charge in [-0.2, -0.15) is 0 Å². The molecule has 1 saturated heterocycles. The van der Waals surface area contributed by atoms with Crippen LogP contribution < -0.4 is 5.32 Å². The Morgan fingerprint density at radius 3 is 2.71 bits per heavy atom. The molecule has 1 heterocycles. The van der Waals surface area contributed by atoms with Crippen molar-refractivity contribution in [2.24, 2.45) is 5.41 Å². The summed E-state index contributed by atoms with van der Waals surface area (Å²) in [5, 5.41) is 3.58. The second-order valence-corrected chi connectivity index (χ2v) is 6.25. The molecule has 5 nitrogen and oxygen atoms in total. The fourth-order valence-corrected chi connectivity index (χ4v) is 2.94. The molecule has 0 aromatic carbocycles. The highest BCUT2D eigenvalue weighted by Crippen LogP contribution is 2.29. The summed E-state index contributed by atoms with van der Waals surface area (Å²) in [4.78, 5) is 2.48. The molecule has 126 valence electrons. The third-order valence-corrected chi connectivity index (χ3v) is 4.26. The first-order valence-corrected chi connectivity index (χ1v) is 8.18. The van der Waals surface area contributed by atoms with Gasteiger partial charge in [0.2, 0.25) is 0 Å². The van der Waals surface area contributed by atoms with Gasteiger partial charge in [0.15, 0.2) is 0 Å². The van der Waals surface area contributed by atoms with Crippen LogP contribution in [0.2, 0.25) is 0 Å². The molecule has 0 spiro atoms. The van der Waals surface area contributed by atoms with Gasteiger partial charge in [0.1, 0.15) is 0 Å². The molecule has 0 aromatic rings. The number of nitrogens with one attached hydrogen (secondary N) is 1. The molecule has 1 fully saturated rings. The largest absolute Gasteiger partial charge is 0.383 e. The summed E-state index contributed by atoms with van der Waals surface area (Å²) in [7, 11) is 3.53. The SMILES string of the molecule is CCCNCC1(CN(CCOC)C(C)COC)CCOC1. The number of ether oxygens (including phenoxy) is 3. The molecule has 0 bridgehead atoms. The van der Waals surface area contributed by atoms with Crippen LogP contribution in [0.5, 0.6) is 0 Å². The molecular formula is C16H34N2O3. The summed E-state index contributed by atoms with van der Waals surface area (Å²) in [6, 6.07) is 0.397. The molecule has 1 aliphatic rings. The van der Waals surface area contributed by atoms with Gasteiger partial charge in [-0.05, 0) is 26.3 Å². The van der Waals surface area contributed by atoms with E-state index in [2.05, 4.69) is 24.1 Å². The molecule has 2 atom stereocenters. The van der Waals surface area contributed by atoms with Gasteiger partial charge in [0.05, 0.1) is 19.8 Å². The molecule has 0 radical (unpaired) electrons. The van der Waals surface area contributed by atoms with Crippen LogP contribution >= 0.6 is 0 Å². The van der Waals surface area contributed by atoms with Gasteiger partial charge in [0, 0.05) is 51.9 Å². The number of hydrogen-bond donors (Lipinski definition) is 1. The zero-order valence-corrected chi connectivity index (χ0v) is 14.3. The normalized spacial score (nSPS) is 23.9. The maximum atomic E-state index is 5.71. The van der Waals surface area contributed by atoms with Crippen LogP contribution in [-0.2, 0) is 14.2 Å². The molecule has 1 aliphatic heterocycles.